The summed E-state index contributed by atoms with van der Waals surface area (Å²) in [6.07, 6.45) is 0.811. The minimum Gasteiger partial charge on any atom is -0.478 e. The van der Waals surface area contributed by atoms with Crippen LogP contribution in [0.25, 0.3) is 0 Å². The van der Waals surface area contributed by atoms with E-state index in [1.54, 1.807) is 30.3 Å². The molecular weight excluding hydrogens is 196 g/mol. The minimum atomic E-state index is -1.17. The van der Waals surface area contributed by atoms with Crippen LogP contribution in [-0.4, -0.2) is 17.0 Å². The second kappa shape index (κ2) is 4.95. The number of ether oxygens (including phenoxy) is 1. The van der Waals surface area contributed by atoms with Crippen LogP contribution >= 0.6 is 0 Å². The van der Waals surface area contributed by atoms with Crippen LogP contribution < -0.4 is 4.74 Å². The number of carbonyl (C=O) groups excluding carboxylic acids is 1. The molecule has 1 aromatic carbocycles. The van der Waals surface area contributed by atoms with Gasteiger partial charge in [-0.3, -0.25) is 0 Å². The summed E-state index contributed by atoms with van der Waals surface area (Å²) >= 11 is 0. The Morgan fingerprint density at radius 3 is 2.40 bits per heavy atom. The SMILES string of the molecule is C/C(=C/C(=O)O)C(=O)Oc1ccccc1. The third-order valence-electron chi connectivity index (χ3n) is 1.62. The zero-order valence-corrected chi connectivity index (χ0v) is 8.14. The van der Waals surface area contributed by atoms with E-state index in [0.29, 0.717) is 5.75 Å². The molecule has 0 aliphatic carbocycles. The monoisotopic (exact) mass is 206 g/mol. The average Bonchev–Trinajstić information content (AvgIpc) is 2.18. The first-order valence-electron chi connectivity index (χ1n) is 4.28. The number of carbonyl (C=O) groups is 2. The van der Waals surface area contributed by atoms with Crippen LogP contribution in [0.5, 0.6) is 5.75 Å². The fourth-order valence-electron chi connectivity index (χ4n) is 0.920. The highest BCUT2D eigenvalue weighted by molar-refractivity contribution is 5.96. The van der Waals surface area contributed by atoms with Crippen LogP contribution in [0, 0.1) is 0 Å². The largest absolute Gasteiger partial charge is 0.478 e. The Bertz CT molecular complexity index is 392. The van der Waals surface area contributed by atoms with E-state index in [1.165, 1.54) is 6.92 Å². The molecule has 0 bridgehead atoms. The van der Waals surface area contributed by atoms with Gasteiger partial charge < -0.3 is 9.84 Å². The van der Waals surface area contributed by atoms with Crippen LogP contribution in [0.15, 0.2) is 42.0 Å². The van der Waals surface area contributed by atoms with Gasteiger partial charge in [-0.2, -0.15) is 0 Å². The molecule has 1 N–H and O–H groups in total. The van der Waals surface area contributed by atoms with E-state index in [9.17, 15) is 9.59 Å². The van der Waals surface area contributed by atoms with Gasteiger partial charge in [0.2, 0.25) is 0 Å². The van der Waals surface area contributed by atoms with E-state index in [-0.39, 0.29) is 5.57 Å². The third kappa shape index (κ3) is 3.64. The highest BCUT2D eigenvalue weighted by Crippen LogP contribution is 2.10. The predicted molar refractivity (Wildman–Crippen MR) is 53.5 cm³/mol. The Morgan fingerprint density at radius 1 is 1.27 bits per heavy atom. The molecule has 0 aliphatic heterocycles. The Balaban J connectivity index is 2.68. The Morgan fingerprint density at radius 2 is 1.87 bits per heavy atom. The average molecular weight is 206 g/mol. The molecule has 0 aromatic heterocycles. The van der Waals surface area contributed by atoms with Gasteiger partial charge in [-0.1, -0.05) is 18.2 Å². The van der Waals surface area contributed by atoms with Crippen molar-refractivity contribution in [3.63, 3.8) is 0 Å². The number of aliphatic carboxylic acids is 1. The maximum absolute atomic E-state index is 11.3. The van der Waals surface area contributed by atoms with Gasteiger partial charge in [-0.15, -0.1) is 0 Å². The highest BCUT2D eigenvalue weighted by Gasteiger charge is 2.08. The summed E-state index contributed by atoms with van der Waals surface area (Å²) in [7, 11) is 0. The van der Waals surface area contributed by atoms with Crippen molar-refractivity contribution in [2.45, 2.75) is 6.92 Å². The first-order chi connectivity index (χ1) is 7.09. The summed E-state index contributed by atoms with van der Waals surface area (Å²) in [5, 5.41) is 8.41. The van der Waals surface area contributed by atoms with Crippen LogP contribution in [0.2, 0.25) is 0 Å². The highest BCUT2D eigenvalue weighted by atomic mass is 16.5. The van der Waals surface area contributed by atoms with Crippen molar-refractivity contribution in [3.8, 4) is 5.75 Å². The lowest BCUT2D eigenvalue weighted by molar-refractivity contribution is -0.133. The van der Waals surface area contributed by atoms with Crippen molar-refractivity contribution in [2.75, 3.05) is 0 Å². The van der Waals surface area contributed by atoms with Crippen molar-refractivity contribution in [1.82, 2.24) is 0 Å². The summed E-state index contributed by atoms with van der Waals surface area (Å²) in [6, 6.07) is 8.47. The van der Waals surface area contributed by atoms with E-state index < -0.39 is 11.9 Å². The van der Waals surface area contributed by atoms with Gasteiger partial charge in [0.25, 0.3) is 0 Å². The number of esters is 1. The van der Waals surface area contributed by atoms with Crippen LogP contribution in [0.3, 0.4) is 0 Å². The topological polar surface area (TPSA) is 63.6 Å². The predicted octanol–water partition coefficient (Wildman–Crippen LogP) is 1.62. The molecule has 4 heteroatoms. The summed E-state index contributed by atoms with van der Waals surface area (Å²) < 4.78 is 4.91. The van der Waals surface area contributed by atoms with Gasteiger partial charge in [0.05, 0.1) is 0 Å². The van der Waals surface area contributed by atoms with Gasteiger partial charge >= 0.3 is 11.9 Å². The van der Waals surface area contributed by atoms with Gasteiger partial charge in [0, 0.05) is 11.6 Å². The number of carboxylic acids is 1. The van der Waals surface area contributed by atoms with E-state index in [2.05, 4.69) is 0 Å². The zero-order valence-electron chi connectivity index (χ0n) is 8.14. The fourth-order valence-corrected chi connectivity index (χ4v) is 0.920. The normalized spacial score (nSPS) is 10.9. The van der Waals surface area contributed by atoms with Crippen LogP contribution in [0.1, 0.15) is 6.92 Å². The van der Waals surface area contributed by atoms with Crippen LogP contribution in [0.4, 0.5) is 0 Å². The molecule has 0 atom stereocenters. The van der Waals surface area contributed by atoms with E-state index in [1.807, 2.05) is 0 Å². The number of rotatable bonds is 3. The number of hydrogen-bond donors (Lipinski definition) is 1. The molecule has 15 heavy (non-hydrogen) atoms. The molecule has 0 saturated heterocycles. The molecule has 0 heterocycles. The first kappa shape index (κ1) is 11.0. The smallest absolute Gasteiger partial charge is 0.339 e. The third-order valence-corrected chi connectivity index (χ3v) is 1.62. The van der Waals surface area contributed by atoms with E-state index in [4.69, 9.17) is 9.84 Å². The zero-order chi connectivity index (χ0) is 11.3. The first-order valence-corrected chi connectivity index (χ1v) is 4.28. The molecule has 0 amide bonds. The van der Waals surface area contributed by atoms with Crippen molar-refractivity contribution in [1.29, 1.82) is 0 Å². The van der Waals surface area contributed by atoms with Gasteiger partial charge in [0.1, 0.15) is 5.75 Å². The fraction of sp³-hybridized carbons (Fsp3) is 0.0909. The quantitative estimate of drug-likeness (QED) is 0.463. The number of carboxylic acid groups (broad SMARTS) is 1. The summed E-state index contributed by atoms with van der Waals surface area (Å²) in [6.45, 7) is 1.39. The van der Waals surface area contributed by atoms with Gasteiger partial charge in [-0.05, 0) is 19.1 Å². The Kier molecular flexibility index (Phi) is 3.62. The lowest BCUT2D eigenvalue weighted by Crippen LogP contribution is -2.10. The van der Waals surface area contributed by atoms with Crippen molar-refractivity contribution < 1.29 is 19.4 Å². The summed E-state index contributed by atoms with van der Waals surface area (Å²) in [4.78, 5) is 21.6. The van der Waals surface area contributed by atoms with Crippen LogP contribution in [-0.2, 0) is 9.59 Å². The maximum atomic E-state index is 11.3. The minimum absolute atomic E-state index is 0.0475. The number of hydrogen-bond acceptors (Lipinski definition) is 3. The van der Waals surface area contributed by atoms with Gasteiger partial charge in [-0.25, -0.2) is 9.59 Å². The molecule has 0 unspecified atom stereocenters. The Hall–Kier alpha value is -2.10. The van der Waals surface area contributed by atoms with Crippen molar-refractivity contribution in [2.24, 2.45) is 0 Å². The molecule has 4 nitrogen and oxygen atoms in total. The molecule has 1 aromatic rings. The molecule has 0 spiro atoms. The second-order valence-corrected chi connectivity index (χ2v) is 2.87. The molecule has 1 rings (SSSR count). The molecular formula is C11H10O4. The lowest BCUT2D eigenvalue weighted by atomic mass is 10.3. The molecule has 0 saturated carbocycles. The van der Waals surface area contributed by atoms with E-state index >= 15 is 0 Å². The maximum Gasteiger partial charge on any atom is 0.339 e. The number of para-hydroxylation sites is 1. The van der Waals surface area contributed by atoms with E-state index in [0.717, 1.165) is 6.08 Å². The molecule has 0 radical (unpaired) electrons. The summed E-state index contributed by atoms with van der Waals surface area (Å²) in [5.74, 6) is -1.44. The molecule has 78 valence electrons. The molecule has 0 fully saturated rings. The van der Waals surface area contributed by atoms with Crippen molar-refractivity contribution in [3.05, 3.63) is 42.0 Å². The van der Waals surface area contributed by atoms with Gasteiger partial charge in [0.15, 0.2) is 0 Å². The second-order valence-electron chi connectivity index (χ2n) is 2.87. The Labute approximate surface area is 86.8 Å². The molecule has 0 aliphatic rings. The standard InChI is InChI=1S/C11H10O4/c1-8(7-10(12)13)11(14)15-9-5-3-2-4-6-9/h2-7H,1H3,(H,12,13)/b8-7-. The van der Waals surface area contributed by atoms with Crippen molar-refractivity contribution >= 4 is 11.9 Å². The lowest BCUT2D eigenvalue weighted by Gasteiger charge is -2.02. The number of benzene rings is 1. The summed E-state index contributed by atoms with van der Waals surface area (Å²) in [5.41, 5.74) is 0.0475.